The summed E-state index contributed by atoms with van der Waals surface area (Å²) < 4.78 is 27.8. The lowest BCUT2D eigenvalue weighted by Gasteiger charge is -2.15. The molecule has 1 aromatic heterocycles. The fourth-order valence-electron chi connectivity index (χ4n) is 1.76. The number of rotatable bonds is 2. The summed E-state index contributed by atoms with van der Waals surface area (Å²) in [5, 5.41) is 0. The number of hydrogen-bond acceptors (Lipinski definition) is 2. The highest BCUT2D eigenvalue weighted by Crippen LogP contribution is 2.29. The second-order valence-corrected chi connectivity index (χ2v) is 4.82. The molecule has 0 amide bonds. The molecule has 0 saturated heterocycles. The molecule has 0 fully saturated rings. The van der Waals surface area contributed by atoms with E-state index in [2.05, 4.69) is 20.9 Å². The highest BCUT2D eigenvalue weighted by molar-refractivity contribution is 9.10. The lowest BCUT2D eigenvalue weighted by molar-refractivity contribution is 0.539. The first-order valence-corrected chi connectivity index (χ1v) is 6.11. The standard InChI is InChI=1S/C13H11BrF2N2/c1-7-6-8(4-5-18-7)13(17)11-10(15)3-2-9(14)12(11)16/h2-6,13H,17H2,1H3. The van der Waals surface area contributed by atoms with Gasteiger partial charge in [-0.3, -0.25) is 4.98 Å². The number of aryl methyl sites for hydroxylation is 1. The van der Waals surface area contributed by atoms with Gasteiger partial charge in [-0.05, 0) is 52.7 Å². The molecule has 94 valence electrons. The predicted molar refractivity (Wildman–Crippen MR) is 69.1 cm³/mol. The van der Waals surface area contributed by atoms with Gasteiger partial charge in [0.15, 0.2) is 0 Å². The van der Waals surface area contributed by atoms with Crippen LogP contribution >= 0.6 is 15.9 Å². The molecule has 0 radical (unpaired) electrons. The van der Waals surface area contributed by atoms with Crippen molar-refractivity contribution < 1.29 is 8.78 Å². The highest BCUT2D eigenvalue weighted by Gasteiger charge is 2.20. The summed E-state index contributed by atoms with van der Waals surface area (Å²) in [5.41, 5.74) is 7.16. The summed E-state index contributed by atoms with van der Waals surface area (Å²) in [6, 6.07) is 5.01. The van der Waals surface area contributed by atoms with Crippen molar-refractivity contribution in [2.75, 3.05) is 0 Å². The maximum atomic E-state index is 13.9. The lowest BCUT2D eigenvalue weighted by atomic mass is 9.99. The van der Waals surface area contributed by atoms with Gasteiger partial charge >= 0.3 is 0 Å². The Bertz CT molecular complexity index is 587. The zero-order chi connectivity index (χ0) is 13.3. The Balaban J connectivity index is 2.52. The number of benzene rings is 1. The van der Waals surface area contributed by atoms with Crippen LogP contribution < -0.4 is 5.73 Å². The van der Waals surface area contributed by atoms with E-state index in [4.69, 9.17) is 5.73 Å². The normalized spacial score (nSPS) is 12.5. The fourth-order valence-corrected chi connectivity index (χ4v) is 2.10. The van der Waals surface area contributed by atoms with E-state index in [0.717, 1.165) is 5.69 Å². The van der Waals surface area contributed by atoms with Gasteiger partial charge in [0.05, 0.1) is 10.5 Å². The van der Waals surface area contributed by atoms with E-state index in [-0.39, 0.29) is 10.0 Å². The number of pyridine rings is 1. The quantitative estimate of drug-likeness (QED) is 0.862. The van der Waals surface area contributed by atoms with Crippen LogP contribution in [0.1, 0.15) is 22.9 Å². The van der Waals surface area contributed by atoms with E-state index in [0.29, 0.717) is 5.56 Å². The first-order valence-electron chi connectivity index (χ1n) is 5.32. The minimum atomic E-state index is -0.857. The Morgan fingerprint density at radius 2 is 2.00 bits per heavy atom. The van der Waals surface area contributed by atoms with Gasteiger partial charge < -0.3 is 5.73 Å². The van der Waals surface area contributed by atoms with Gasteiger partial charge in [-0.1, -0.05) is 0 Å². The molecule has 18 heavy (non-hydrogen) atoms. The molecule has 0 bridgehead atoms. The Labute approximate surface area is 112 Å². The van der Waals surface area contributed by atoms with Crippen LogP contribution in [-0.2, 0) is 0 Å². The minimum Gasteiger partial charge on any atom is -0.320 e. The van der Waals surface area contributed by atoms with Crippen LogP contribution in [0.3, 0.4) is 0 Å². The Morgan fingerprint density at radius 3 is 2.67 bits per heavy atom. The van der Waals surface area contributed by atoms with Crippen molar-refractivity contribution in [3.8, 4) is 0 Å². The molecule has 2 N–H and O–H groups in total. The summed E-state index contributed by atoms with van der Waals surface area (Å²) in [6.07, 6.45) is 1.57. The number of hydrogen-bond donors (Lipinski definition) is 1. The van der Waals surface area contributed by atoms with E-state index < -0.39 is 17.7 Å². The van der Waals surface area contributed by atoms with Gasteiger partial charge in [-0.2, -0.15) is 0 Å². The smallest absolute Gasteiger partial charge is 0.145 e. The van der Waals surface area contributed by atoms with Crippen molar-refractivity contribution in [1.29, 1.82) is 0 Å². The van der Waals surface area contributed by atoms with Crippen LogP contribution in [0.2, 0.25) is 0 Å². The summed E-state index contributed by atoms with van der Waals surface area (Å²) in [7, 11) is 0. The predicted octanol–water partition coefficient (Wildman–Crippen LogP) is 3.48. The highest BCUT2D eigenvalue weighted by atomic mass is 79.9. The molecule has 0 saturated carbocycles. The number of nitrogens with two attached hydrogens (primary N) is 1. The van der Waals surface area contributed by atoms with Crippen molar-refractivity contribution in [2.24, 2.45) is 5.73 Å². The third-order valence-corrected chi connectivity index (χ3v) is 3.28. The monoisotopic (exact) mass is 312 g/mol. The molecule has 2 rings (SSSR count). The number of halogens is 3. The van der Waals surface area contributed by atoms with Gasteiger partial charge in [0.2, 0.25) is 0 Å². The van der Waals surface area contributed by atoms with E-state index in [9.17, 15) is 8.78 Å². The van der Waals surface area contributed by atoms with Gasteiger partial charge in [0, 0.05) is 17.5 Å². The van der Waals surface area contributed by atoms with Crippen molar-refractivity contribution in [2.45, 2.75) is 13.0 Å². The summed E-state index contributed by atoms with van der Waals surface area (Å²) in [4.78, 5) is 4.03. The summed E-state index contributed by atoms with van der Waals surface area (Å²) in [6.45, 7) is 1.80. The van der Waals surface area contributed by atoms with Crippen LogP contribution in [-0.4, -0.2) is 4.98 Å². The minimum absolute atomic E-state index is 0.144. The van der Waals surface area contributed by atoms with Crippen molar-refractivity contribution >= 4 is 15.9 Å². The van der Waals surface area contributed by atoms with Gasteiger partial charge in [0.1, 0.15) is 11.6 Å². The van der Waals surface area contributed by atoms with Gasteiger partial charge in [-0.25, -0.2) is 8.78 Å². The van der Waals surface area contributed by atoms with Crippen LogP contribution in [0, 0.1) is 18.6 Å². The molecule has 0 aliphatic rings. The Morgan fingerprint density at radius 1 is 1.28 bits per heavy atom. The molecule has 5 heteroatoms. The molecular weight excluding hydrogens is 302 g/mol. The lowest BCUT2D eigenvalue weighted by Crippen LogP contribution is -2.16. The average Bonchev–Trinajstić information content (AvgIpc) is 2.34. The van der Waals surface area contributed by atoms with Crippen molar-refractivity contribution in [3.63, 3.8) is 0 Å². The summed E-state index contributed by atoms with van der Waals surface area (Å²) in [5.74, 6) is -1.32. The van der Waals surface area contributed by atoms with Crippen LogP contribution in [0.25, 0.3) is 0 Å². The average molecular weight is 313 g/mol. The largest absolute Gasteiger partial charge is 0.320 e. The number of nitrogens with zero attached hydrogens (tertiary/aromatic N) is 1. The van der Waals surface area contributed by atoms with Crippen molar-refractivity contribution in [1.82, 2.24) is 4.98 Å². The first-order chi connectivity index (χ1) is 8.50. The van der Waals surface area contributed by atoms with Gasteiger partial charge in [-0.15, -0.1) is 0 Å². The fraction of sp³-hybridized carbons (Fsp3) is 0.154. The summed E-state index contributed by atoms with van der Waals surface area (Å²) >= 11 is 3.03. The van der Waals surface area contributed by atoms with E-state index in [1.807, 2.05) is 0 Å². The Hall–Kier alpha value is -1.33. The second kappa shape index (κ2) is 5.12. The second-order valence-electron chi connectivity index (χ2n) is 3.97. The van der Waals surface area contributed by atoms with Crippen LogP contribution in [0.4, 0.5) is 8.78 Å². The third kappa shape index (κ3) is 2.42. The van der Waals surface area contributed by atoms with E-state index in [1.54, 1.807) is 25.3 Å². The third-order valence-electron chi connectivity index (χ3n) is 2.67. The molecule has 1 heterocycles. The van der Waals surface area contributed by atoms with Crippen molar-refractivity contribution in [3.05, 3.63) is 63.4 Å². The SMILES string of the molecule is Cc1cc(C(N)c2c(F)ccc(Br)c2F)ccn1. The Kier molecular flexibility index (Phi) is 3.73. The van der Waals surface area contributed by atoms with E-state index in [1.165, 1.54) is 12.1 Å². The molecule has 0 aliphatic heterocycles. The molecule has 0 aliphatic carbocycles. The molecule has 0 spiro atoms. The topological polar surface area (TPSA) is 38.9 Å². The molecule has 1 aromatic carbocycles. The molecular formula is C13H11BrF2N2. The van der Waals surface area contributed by atoms with Gasteiger partial charge in [0.25, 0.3) is 0 Å². The molecule has 1 atom stereocenters. The number of aromatic nitrogens is 1. The van der Waals surface area contributed by atoms with Crippen LogP contribution in [0.5, 0.6) is 0 Å². The maximum Gasteiger partial charge on any atom is 0.145 e. The maximum absolute atomic E-state index is 13.9. The zero-order valence-electron chi connectivity index (χ0n) is 9.62. The first kappa shape index (κ1) is 13.1. The molecule has 2 nitrogen and oxygen atoms in total. The molecule has 1 unspecified atom stereocenters. The molecule has 2 aromatic rings. The van der Waals surface area contributed by atoms with Crippen LogP contribution in [0.15, 0.2) is 34.9 Å². The zero-order valence-corrected chi connectivity index (χ0v) is 11.2. The van der Waals surface area contributed by atoms with E-state index >= 15 is 0 Å².